The quantitative estimate of drug-likeness (QED) is 0.437. The Morgan fingerprint density at radius 3 is 2.64 bits per heavy atom. The van der Waals surface area contributed by atoms with E-state index in [9.17, 15) is 0 Å². The van der Waals surface area contributed by atoms with Crippen molar-refractivity contribution in [3.63, 3.8) is 0 Å². The molecule has 7 nitrogen and oxygen atoms in total. The van der Waals surface area contributed by atoms with Gasteiger partial charge in [-0.25, -0.2) is 15.0 Å². The number of nitrogens with one attached hydrogen (secondary N) is 2. The number of thiocarbonyl (C=S) groups is 1. The van der Waals surface area contributed by atoms with E-state index < -0.39 is 0 Å². The van der Waals surface area contributed by atoms with Gasteiger partial charge >= 0.3 is 0 Å². The van der Waals surface area contributed by atoms with Crippen molar-refractivity contribution in [3.8, 4) is 0 Å². The van der Waals surface area contributed by atoms with Crippen LogP contribution in [0.15, 0.2) is 34.7 Å². The molecule has 3 rings (SSSR count). The molecule has 9 heteroatoms. The van der Waals surface area contributed by atoms with E-state index in [0.717, 1.165) is 17.4 Å². The van der Waals surface area contributed by atoms with Gasteiger partial charge in [-0.3, -0.25) is 0 Å². The standard InChI is InChI=1S/C19H27N7S2/c1-13-8-5-6-11-26(13)14-12-15(28-18-20-9-7-10-21-18)23-16(22-14)24-17(27)25-19(2,3)4/h7,9-10,12-13H,5-6,8,11H2,1-4H3,(H2,22,23,24,25,27). The number of hydrogen-bond acceptors (Lipinski definition) is 7. The number of hydrogen-bond donors (Lipinski definition) is 2. The molecule has 0 radical (unpaired) electrons. The molecule has 1 aliphatic heterocycles. The van der Waals surface area contributed by atoms with Crippen LogP contribution in [-0.2, 0) is 0 Å². The fraction of sp³-hybridized carbons (Fsp3) is 0.526. The van der Waals surface area contributed by atoms with Crippen LogP contribution in [0, 0.1) is 0 Å². The molecular weight excluding hydrogens is 390 g/mol. The lowest BCUT2D eigenvalue weighted by Crippen LogP contribution is -2.43. The van der Waals surface area contributed by atoms with Crippen LogP contribution in [0.1, 0.15) is 47.0 Å². The van der Waals surface area contributed by atoms with Crippen molar-refractivity contribution < 1.29 is 0 Å². The molecule has 0 aromatic carbocycles. The highest BCUT2D eigenvalue weighted by molar-refractivity contribution is 7.99. The summed E-state index contributed by atoms with van der Waals surface area (Å²) in [7, 11) is 0. The summed E-state index contributed by atoms with van der Waals surface area (Å²) in [6, 6.07) is 4.25. The van der Waals surface area contributed by atoms with Crippen molar-refractivity contribution in [2.45, 2.75) is 68.7 Å². The Kier molecular flexibility index (Phi) is 6.66. The molecule has 150 valence electrons. The van der Waals surface area contributed by atoms with Gasteiger partial charge in [-0.1, -0.05) is 0 Å². The summed E-state index contributed by atoms with van der Waals surface area (Å²) < 4.78 is 0. The van der Waals surface area contributed by atoms with Gasteiger partial charge in [0.15, 0.2) is 10.3 Å². The number of aromatic nitrogens is 4. The third-order valence-corrected chi connectivity index (χ3v) is 5.25. The molecule has 2 aromatic heterocycles. The van der Waals surface area contributed by atoms with Crippen molar-refractivity contribution >= 4 is 40.9 Å². The average molecular weight is 418 g/mol. The van der Waals surface area contributed by atoms with E-state index >= 15 is 0 Å². The van der Waals surface area contributed by atoms with Crippen molar-refractivity contribution in [2.24, 2.45) is 0 Å². The lowest BCUT2D eigenvalue weighted by atomic mass is 10.0. The van der Waals surface area contributed by atoms with Crippen LogP contribution < -0.4 is 15.5 Å². The summed E-state index contributed by atoms with van der Waals surface area (Å²) in [6.07, 6.45) is 7.05. The Hall–Kier alpha value is -2.00. The predicted octanol–water partition coefficient (Wildman–Crippen LogP) is 3.88. The lowest BCUT2D eigenvalue weighted by molar-refractivity contribution is 0.480. The summed E-state index contributed by atoms with van der Waals surface area (Å²) in [5, 5.41) is 8.32. The first-order valence-corrected chi connectivity index (χ1v) is 10.7. The monoisotopic (exact) mass is 417 g/mol. The molecule has 0 saturated carbocycles. The highest BCUT2D eigenvalue weighted by Gasteiger charge is 2.22. The molecule has 0 bridgehead atoms. The first-order valence-electron chi connectivity index (χ1n) is 9.50. The van der Waals surface area contributed by atoms with Gasteiger partial charge in [0, 0.05) is 36.6 Å². The summed E-state index contributed by atoms with van der Waals surface area (Å²) in [6.45, 7) is 9.41. The lowest BCUT2D eigenvalue weighted by Gasteiger charge is -2.34. The van der Waals surface area contributed by atoms with Gasteiger partial charge in [-0.2, -0.15) is 4.98 Å². The zero-order valence-corrected chi connectivity index (χ0v) is 18.4. The van der Waals surface area contributed by atoms with E-state index in [2.05, 4.69) is 58.2 Å². The van der Waals surface area contributed by atoms with Crippen molar-refractivity contribution in [1.82, 2.24) is 25.3 Å². The third kappa shape index (κ3) is 6.00. The smallest absolute Gasteiger partial charge is 0.232 e. The minimum Gasteiger partial charge on any atom is -0.358 e. The summed E-state index contributed by atoms with van der Waals surface area (Å²) in [5.41, 5.74) is -0.140. The molecule has 1 aliphatic rings. The summed E-state index contributed by atoms with van der Waals surface area (Å²) in [5.74, 6) is 1.39. The predicted molar refractivity (Wildman–Crippen MR) is 118 cm³/mol. The second kappa shape index (κ2) is 9.00. The second-order valence-corrected chi connectivity index (χ2v) is 9.28. The Balaban J connectivity index is 1.88. The third-order valence-electron chi connectivity index (χ3n) is 4.24. The largest absolute Gasteiger partial charge is 0.358 e. The van der Waals surface area contributed by atoms with Crippen LogP contribution in [0.2, 0.25) is 0 Å². The van der Waals surface area contributed by atoms with Crippen LogP contribution in [0.25, 0.3) is 0 Å². The van der Waals surface area contributed by atoms with Crippen LogP contribution in [0.5, 0.6) is 0 Å². The first-order chi connectivity index (χ1) is 13.3. The van der Waals surface area contributed by atoms with Gasteiger partial charge in [0.2, 0.25) is 5.95 Å². The zero-order chi connectivity index (χ0) is 20.1. The maximum absolute atomic E-state index is 5.43. The molecule has 1 fully saturated rings. The topological polar surface area (TPSA) is 78.9 Å². The van der Waals surface area contributed by atoms with Gasteiger partial charge in [0.25, 0.3) is 0 Å². The molecule has 0 amide bonds. The van der Waals surface area contributed by atoms with Crippen molar-refractivity contribution in [2.75, 3.05) is 16.8 Å². The van der Waals surface area contributed by atoms with Crippen LogP contribution in [0.4, 0.5) is 11.8 Å². The zero-order valence-electron chi connectivity index (χ0n) is 16.8. The van der Waals surface area contributed by atoms with E-state index in [-0.39, 0.29) is 5.54 Å². The van der Waals surface area contributed by atoms with Gasteiger partial charge in [-0.05, 0) is 77.0 Å². The number of rotatable bonds is 4. The Morgan fingerprint density at radius 2 is 1.96 bits per heavy atom. The molecule has 1 atom stereocenters. The Labute approximate surface area is 176 Å². The maximum Gasteiger partial charge on any atom is 0.232 e. The molecule has 0 spiro atoms. The van der Waals surface area contributed by atoms with E-state index in [1.165, 1.54) is 31.0 Å². The Morgan fingerprint density at radius 1 is 1.21 bits per heavy atom. The number of piperidine rings is 1. The molecule has 2 aromatic rings. The van der Waals surface area contributed by atoms with E-state index in [1.54, 1.807) is 18.5 Å². The molecular formula is C19H27N7S2. The van der Waals surface area contributed by atoms with Gasteiger partial charge in [0.1, 0.15) is 10.8 Å². The Bertz CT molecular complexity index is 808. The number of anilines is 2. The summed E-state index contributed by atoms with van der Waals surface area (Å²) >= 11 is 6.85. The minimum absolute atomic E-state index is 0.140. The summed E-state index contributed by atoms with van der Waals surface area (Å²) in [4.78, 5) is 20.3. The van der Waals surface area contributed by atoms with Gasteiger partial charge in [-0.15, -0.1) is 0 Å². The molecule has 28 heavy (non-hydrogen) atoms. The molecule has 2 N–H and O–H groups in total. The van der Waals surface area contributed by atoms with Gasteiger partial charge in [0.05, 0.1) is 0 Å². The fourth-order valence-electron chi connectivity index (χ4n) is 3.01. The van der Waals surface area contributed by atoms with E-state index in [4.69, 9.17) is 17.2 Å². The average Bonchev–Trinajstić information content (AvgIpc) is 2.61. The molecule has 1 saturated heterocycles. The molecule has 1 unspecified atom stereocenters. The normalized spacial score (nSPS) is 17.3. The fourth-order valence-corrected chi connectivity index (χ4v) is 4.12. The van der Waals surface area contributed by atoms with Crippen LogP contribution in [-0.4, -0.2) is 43.2 Å². The minimum atomic E-state index is -0.140. The van der Waals surface area contributed by atoms with Gasteiger partial charge < -0.3 is 15.5 Å². The SMILES string of the molecule is CC1CCCCN1c1cc(Sc2ncccn2)nc(NC(=S)NC(C)(C)C)n1. The maximum atomic E-state index is 5.43. The highest BCUT2D eigenvalue weighted by Crippen LogP contribution is 2.29. The first kappa shape index (κ1) is 20.7. The van der Waals surface area contributed by atoms with Crippen LogP contribution >= 0.6 is 24.0 Å². The van der Waals surface area contributed by atoms with Crippen molar-refractivity contribution in [1.29, 1.82) is 0 Å². The van der Waals surface area contributed by atoms with Crippen LogP contribution in [0.3, 0.4) is 0 Å². The van der Waals surface area contributed by atoms with E-state index in [0.29, 0.717) is 22.3 Å². The van der Waals surface area contributed by atoms with E-state index in [1.807, 2.05) is 6.07 Å². The highest BCUT2D eigenvalue weighted by atomic mass is 32.2. The second-order valence-electron chi connectivity index (χ2n) is 7.89. The molecule has 0 aliphatic carbocycles. The molecule has 3 heterocycles. The number of nitrogens with zero attached hydrogens (tertiary/aromatic N) is 5. The van der Waals surface area contributed by atoms with Crippen molar-refractivity contribution in [3.05, 3.63) is 24.5 Å².